The van der Waals surface area contributed by atoms with Gasteiger partial charge >= 0.3 is 5.97 Å². The van der Waals surface area contributed by atoms with Crippen LogP contribution in [0.5, 0.6) is 0 Å². The summed E-state index contributed by atoms with van der Waals surface area (Å²) in [6, 6.07) is 5.66. The second-order valence-electron chi connectivity index (χ2n) is 4.62. The van der Waals surface area contributed by atoms with Gasteiger partial charge < -0.3 is 10.8 Å². The van der Waals surface area contributed by atoms with E-state index < -0.39 is 11.4 Å². The van der Waals surface area contributed by atoms with Crippen LogP contribution in [0, 0.1) is 11.7 Å². The largest absolute Gasteiger partial charge is 0.481 e. The summed E-state index contributed by atoms with van der Waals surface area (Å²) in [4.78, 5) is 11.6. The summed E-state index contributed by atoms with van der Waals surface area (Å²) in [6.45, 7) is 0.0542. The first kappa shape index (κ1) is 12.0. The van der Waals surface area contributed by atoms with Crippen molar-refractivity contribution in [3.8, 4) is 0 Å². The minimum atomic E-state index is -1.05. The molecule has 1 aromatic carbocycles. The van der Waals surface area contributed by atoms with Gasteiger partial charge in [0, 0.05) is 6.54 Å². The smallest absolute Gasteiger partial charge is 0.315 e. The molecule has 0 aromatic heterocycles. The van der Waals surface area contributed by atoms with Crippen molar-refractivity contribution >= 4 is 5.97 Å². The minimum absolute atomic E-state index is 0.0542. The van der Waals surface area contributed by atoms with Gasteiger partial charge in [-0.25, -0.2) is 4.39 Å². The lowest BCUT2D eigenvalue weighted by atomic mass is 9.62. The lowest BCUT2D eigenvalue weighted by Gasteiger charge is -2.42. The predicted molar refractivity (Wildman–Crippen MR) is 62.1 cm³/mol. The van der Waals surface area contributed by atoms with E-state index in [1.165, 1.54) is 24.3 Å². The van der Waals surface area contributed by atoms with E-state index in [2.05, 4.69) is 0 Å². The van der Waals surface area contributed by atoms with Crippen LogP contribution < -0.4 is 5.73 Å². The van der Waals surface area contributed by atoms with Crippen LogP contribution in [0.4, 0.5) is 4.39 Å². The lowest BCUT2D eigenvalue weighted by Crippen LogP contribution is -2.51. The molecule has 0 spiro atoms. The molecule has 1 saturated carbocycles. The molecule has 17 heavy (non-hydrogen) atoms. The predicted octanol–water partition coefficient (Wildman–Crippen LogP) is 1.91. The third-order valence-corrected chi connectivity index (χ3v) is 3.87. The van der Waals surface area contributed by atoms with Gasteiger partial charge in [0.05, 0.1) is 0 Å². The molecule has 2 rings (SSSR count). The highest BCUT2D eigenvalue weighted by atomic mass is 19.1. The summed E-state index contributed by atoms with van der Waals surface area (Å²) in [5.41, 5.74) is 5.27. The van der Waals surface area contributed by atoms with Crippen LogP contribution in [0.2, 0.25) is 0 Å². The van der Waals surface area contributed by atoms with Gasteiger partial charge in [-0.3, -0.25) is 4.79 Å². The van der Waals surface area contributed by atoms with Crippen molar-refractivity contribution in [2.75, 3.05) is 6.54 Å². The van der Waals surface area contributed by atoms with Crippen LogP contribution >= 0.6 is 0 Å². The zero-order valence-corrected chi connectivity index (χ0v) is 9.53. The lowest BCUT2D eigenvalue weighted by molar-refractivity contribution is -0.147. The van der Waals surface area contributed by atoms with Crippen molar-refractivity contribution in [2.45, 2.75) is 24.7 Å². The summed E-state index contributed by atoms with van der Waals surface area (Å²) in [5, 5.41) is 9.51. The number of carboxylic acid groups (broad SMARTS) is 1. The quantitative estimate of drug-likeness (QED) is 0.840. The average Bonchev–Trinajstić information content (AvgIpc) is 2.24. The Bertz CT molecular complexity index is 414. The first-order chi connectivity index (χ1) is 8.11. The number of nitrogens with two attached hydrogens (primary N) is 1. The van der Waals surface area contributed by atoms with Crippen LogP contribution in [-0.2, 0) is 10.2 Å². The number of carbonyl (C=O) groups is 1. The molecule has 1 atom stereocenters. The summed E-state index contributed by atoms with van der Waals surface area (Å²) in [7, 11) is 0. The van der Waals surface area contributed by atoms with Gasteiger partial charge in [0.15, 0.2) is 0 Å². The number of benzene rings is 1. The number of rotatable bonds is 4. The highest BCUT2D eigenvalue weighted by Gasteiger charge is 2.48. The zero-order valence-electron chi connectivity index (χ0n) is 9.53. The van der Waals surface area contributed by atoms with E-state index in [1.807, 2.05) is 0 Å². The molecule has 3 nitrogen and oxygen atoms in total. The third kappa shape index (κ3) is 1.82. The van der Waals surface area contributed by atoms with Crippen molar-refractivity contribution in [1.29, 1.82) is 0 Å². The monoisotopic (exact) mass is 237 g/mol. The normalized spacial score (nSPS) is 19.4. The Morgan fingerprint density at radius 3 is 2.35 bits per heavy atom. The Labute approximate surface area is 99.4 Å². The molecule has 92 valence electrons. The van der Waals surface area contributed by atoms with Crippen molar-refractivity contribution in [2.24, 2.45) is 11.7 Å². The molecule has 1 fully saturated rings. The number of carboxylic acids is 1. The Kier molecular flexibility index (Phi) is 3.15. The number of halogens is 1. The SMILES string of the molecule is NCC(C(=O)O)(c1ccc(F)cc1)C1CCC1. The maximum absolute atomic E-state index is 12.9. The first-order valence-electron chi connectivity index (χ1n) is 5.81. The molecular formula is C13H16FNO2. The van der Waals surface area contributed by atoms with Gasteiger partial charge in [-0.2, -0.15) is 0 Å². The fraction of sp³-hybridized carbons (Fsp3) is 0.462. The standard InChI is InChI=1S/C13H16FNO2/c14-11-6-4-10(5-7-11)13(8-15,12(16)17)9-2-1-3-9/h4-7,9H,1-3,8,15H2,(H,16,17). The van der Waals surface area contributed by atoms with Crippen LogP contribution in [-0.4, -0.2) is 17.6 Å². The van der Waals surface area contributed by atoms with Gasteiger partial charge in [-0.15, -0.1) is 0 Å². The highest BCUT2D eigenvalue weighted by Crippen LogP contribution is 2.44. The van der Waals surface area contributed by atoms with Crippen LogP contribution in [0.3, 0.4) is 0 Å². The van der Waals surface area contributed by atoms with Crippen molar-refractivity contribution in [3.05, 3.63) is 35.6 Å². The third-order valence-electron chi connectivity index (χ3n) is 3.87. The Balaban J connectivity index is 2.44. The molecule has 0 aliphatic heterocycles. The van der Waals surface area contributed by atoms with Crippen LogP contribution in [0.1, 0.15) is 24.8 Å². The molecule has 4 heteroatoms. The second-order valence-corrected chi connectivity index (χ2v) is 4.62. The summed E-state index contributed by atoms with van der Waals surface area (Å²) in [5.74, 6) is -1.20. The van der Waals surface area contributed by atoms with E-state index >= 15 is 0 Å². The van der Waals surface area contributed by atoms with Gasteiger partial charge in [0.2, 0.25) is 0 Å². The van der Waals surface area contributed by atoms with Crippen LogP contribution in [0.25, 0.3) is 0 Å². The number of hydrogen-bond donors (Lipinski definition) is 2. The van der Waals surface area contributed by atoms with Crippen molar-refractivity contribution in [1.82, 2.24) is 0 Å². The summed E-state index contributed by atoms with van der Waals surface area (Å²) >= 11 is 0. The second kappa shape index (κ2) is 4.45. The maximum Gasteiger partial charge on any atom is 0.315 e. The first-order valence-corrected chi connectivity index (χ1v) is 5.81. The average molecular weight is 237 g/mol. The molecule has 1 aliphatic carbocycles. The van der Waals surface area contributed by atoms with Gasteiger partial charge in [0.1, 0.15) is 11.2 Å². The highest BCUT2D eigenvalue weighted by molar-refractivity contribution is 5.82. The maximum atomic E-state index is 12.9. The molecule has 1 unspecified atom stereocenters. The molecule has 0 radical (unpaired) electrons. The van der Waals surface area contributed by atoms with E-state index in [9.17, 15) is 14.3 Å². The topological polar surface area (TPSA) is 63.3 Å². The minimum Gasteiger partial charge on any atom is -0.481 e. The fourth-order valence-electron chi connectivity index (χ4n) is 2.55. The van der Waals surface area contributed by atoms with Crippen molar-refractivity contribution < 1.29 is 14.3 Å². The molecule has 0 saturated heterocycles. The Morgan fingerprint density at radius 1 is 1.41 bits per heavy atom. The van der Waals surface area contributed by atoms with E-state index in [4.69, 9.17) is 5.73 Å². The molecule has 1 aliphatic rings. The molecule has 0 bridgehead atoms. The van der Waals surface area contributed by atoms with E-state index in [1.54, 1.807) is 0 Å². The molecular weight excluding hydrogens is 221 g/mol. The van der Waals surface area contributed by atoms with Gasteiger partial charge in [-0.05, 0) is 36.5 Å². The van der Waals surface area contributed by atoms with Gasteiger partial charge in [-0.1, -0.05) is 18.6 Å². The summed E-state index contributed by atoms with van der Waals surface area (Å²) < 4.78 is 12.9. The Morgan fingerprint density at radius 2 is 2.00 bits per heavy atom. The Hall–Kier alpha value is -1.42. The molecule has 0 amide bonds. The summed E-state index contributed by atoms with van der Waals surface area (Å²) in [6.07, 6.45) is 2.79. The molecule has 3 N–H and O–H groups in total. The van der Waals surface area contributed by atoms with E-state index in [0.29, 0.717) is 5.56 Å². The van der Waals surface area contributed by atoms with Gasteiger partial charge in [0.25, 0.3) is 0 Å². The van der Waals surface area contributed by atoms with E-state index in [-0.39, 0.29) is 18.3 Å². The fourth-order valence-corrected chi connectivity index (χ4v) is 2.55. The molecule has 1 aromatic rings. The zero-order chi connectivity index (χ0) is 12.5. The van der Waals surface area contributed by atoms with Crippen LogP contribution in [0.15, 0.2) is 24.3 Å². The number of hydrogen-bond acceptors (Lipinski definition) is 2. The molecule has 0 heterocycles. The number of aliphatic carboxylic acids is 1. The van der Waals surface area contributed by atoms with Crippen molar-refractivity contribution in [3.63, 3.8) is 0 Å². The van der Waals surface area contributed by atoms with E-state index in [0.717, 1.165) is 19.3 Å².